The van der Waals surface area contributed by atoms with Crippen molar-refractivity contribution in [2.24, 2.45) is 0 Å². The molecule has 0 rings (SSSR count). The first kappa shape index (κ1) is 24.3. The monoisotopic (exact) mass is 500 g/mol. The summed E-state index contributed by atoms with van der Waals surface area (Å²) in [6.07, 6.45) is -1.66. The molecule has 0 unspecified atom stereocenters. The third-order valence-corrected chi connectivity index (χ3v) is 12.9. The molecule has 23 heavy (non-hydrogen) atoms. The van der Waals surface area contributed by atoms with Crippen molar-refractivity contribution in [2.75, 3.05) is 0 Å². The molecule has 0 bridgehead atoms. The topological polar surface area (TPSA) is 71.1 Å². The molecule has 0 aromatic carbocycles. The van der Waals surface area contributed by atoms with E-state index in [4.69, 9.17) is 18.1 Å². The van der Waals surface area contributed by atoms with Crippen LogP contribution >= 0.6 is 47.1 Å². The number of halogens is 2. The summed E-state index contributed by atoms with van der Waals surface area (Å²) < 4.78 is 47.1. The van der Waals surface area contributed by atoms with Crippen molar-refractivity contribution in [3.05, 3.63) is 0 Å². The molecule has 140 valence electrons. The van der Waals surface area contributed by atoms with E-state index in [1.807, 2.05) is 0 Å². The van der Waals surface area contributed by atoms with Crippen LogP contribution in [-0.2, 0) is 27.2 Å². The molecule has 0 aliphatic carbocycles. The highest BCUT2D eigenvalue weighted by Crippen LogP contribution is 2.84. The molecule has 0 aromatic heterocycles. The standard InChI is InChI=1S/C13H28Br2O6P2/c1-9(2)18-22(16,19-10(3)4)13(14,15)23(17,20-11(5)6)21-12(7)8/h9-12H,1-8H3. The fourth-order valence-electron chi connectivity index (χ4n) is 1.56. The predicted molar refractivity (Wildman–Crippen MR) is 101 cm³/mol. The third-order valence-electron chi connectivity index (χ3n) is 2.06. The van der Waals surface area contributed by atoms with Gasteiger partial charge < -0.3 is 18.1 Å². The molecule has 0 aliphatic heterocycles. The van der Waals surface area contributed by atoms with Gasteiger partial charge in [-0.2, -0.15) is 0 Å². The van der Waals surface area contributed by atoms with Crippen molar-refractivity contribution in [3.8, 4) is 0 Å². The zero-order valence-electron chi connectivity index (χ0n) is 14.9. The van der Waals surface area contributed by atoms with E-state index in [2.05, 4.69) is 31.9 Å². The van der Waals surface area contributed by atoms with Crippen LogP contribution in [-0.4, -0.2) is 27.1 Å². The van der Waals surface area contributed by atoms with E-state index in [1.54, 1.807) is 55.4 Å². The molecule has 0 atom stereocenters. The van der Waals surface area contributed by atoms with Gasteiger partial charge in [-0.3, -0.25) is 9.13 Å². The summed E-state index contributed by atoms with van der Waals surface area (Å²) in [6, 6.07) is 0. The Morgan fingerprint density at radius 3 is 0.913 bits per heavy atom. The molecule has 0 saturated carbocycles. The zero-order chi connectivity index (χ0) is 18.6. The first-order valence-electron chi connectivity index (χ1n) is 7.48. The average molecular weight is 502 g/mol. The largest absolute Gasteiger partial charge is 0.370 e. The summed E-state index contributed by atoms with van der Waals surface area (Å²) >= 11 is 6.46. The molecule has 0 aliphatic rings. The Morgan fingerprint density at radius 2 is 0.783 bits per heavy atom. The van der Waals surface area contributed by atoms with Crippen molar-refractivity contribution in [2.45, 2.75) is 82.5 Å². The summed E-state index contributed by atoms with van der Waals surface area (Å²) in [4.78, 5) is 0. The second-order valence-corrected chi connectivity index (χ2v) is 16.5. The van der Waals surface area contributed by atoms with Gasteiger partial charge >= 0.3 is 15.2 Å². The molecule has 0 fully saturated rings. The summed E-state index contributed by atoms with van der Waals surface area (Å²) in [5.41, 5.74) is 0. The average Bonchev–Trinajstić information content (AvgIpc) is 2.22. The Balaban J connectivity index is 6.02. The summed E-state index contributed by atoms with van der Waals surface area (Å²) in [5, 5.41) is 0. The molecular weight excluding hydrogens is 474 g/mol. The highest BCUT2D eigenvalue weighted by molar-refractivity contribution is 9.29. The van der Waals surface area contributed by atoms with Crippen LogP contribution in [0, 0.1) is 0 Å². The maximum absolute atomic E-state index is 13.4. The maximum Gasteiger partial charge on any atom is 0.370 e. The maximum atomic E-state index is 13.4. The van der Waals surface area contributed by atoms with E-state index in [1.165, 1.54) is 0 Å². The quantitative estimate of drug-likeness (QED) is 0.252. The Labute approximate surface area is 156 Å². The molecule has 0 saturated heterocycles. The third kappa shape index (κ3) is 6.82. The Bertz CT molecular complexity index is 397. The summed E-state index contributed by atoms with van der Waals surface area (Å²) in [5.74, 6) is 0. The van der Waals surface area contributed by atoms with Gasteiger partial charge in [-0.1, -0.05) is 0 Å². The van der Waals surface area contributed by atoms with Crippen LogP contribution in [0.3, 0.4) is 0 Å². The first-order valence-corrected chi connectivity index (χ1v) is 12.2. The van der Waals surface area contributed by atoms with Gasteiger partial charge in [0.05, 0.1) is 24.4 Å². The van der Waals surface area contributed by atoms with E-state index >= 15 is 0 Å². The highest BCUT2D eigenvalue weighted by Gasteiger charge is 2.64. The summed E-state index contributed by atoms with van der Waals surface area (Å²) in [6.45, 7) is 13.7. The minimum absolute atomic E-state index is 0.416. The zero-order valence-corrected chi connectivity index (χ0v) is 19.9. The van der Waals surface area contributed by atoms with Gasteiger partial charge in [-0.15, -0.1) is 0 Å². The first-order chi connectivity index (χ1) is 10.2. The van der Waals surface area contributed by atoms with Gasteiger partial charge in [0.15, 0.2) is 0 Å². The van der Waals surface area contributed by atoms with Crippen molar-refractivity contribution in [1.29, 1.82) is 0 Å². The van der Waals surface area contributed by atoms with Crippen LogP contribution in [0.4, 0.5) is 0 Å². The van der Waals surface area contributed by atoms with Gasteiger partial charge in [0.25, 0.3) is 2.72 Å². The lowest BCUT2D eigenvalue weighted by Crippen LogP contribution is -2.25. The highest BCUT2D eigenvalue weighted by atomic mass is 79.9. The second-order valence-electron chi connectivity index (χ2n) is 6.12. The second kappa shape index (κ2) is 9.27. The van der Waals surface area contributed by atoms with Crippen molar-refractivity contribution >= 4 is 47.1 Å². The molecule has 0 N–H and O–H groups in total. The summed E-state index contributed by atoms with van der Waals surface area (Å²) in [7, 11) is -7.90. The van der Waals surface area contributed by atoms with Gasteiger partial charge in [0, 0.05) is 0 Å². The van der Waals surface area contributed by atoms with Gasteiger partial charge in [-0.25, -0.2) is 0 Å². The normalized spacial score (nSPS) is 14.5. The van der Waals surface area contributed by atoms with Crippen molar-refractivity contribution < 1.29 is 27.2 Å². The molecule has 0 radical (unpaired) electrons. The minimum atomic E-state index is -3.95. The van der Waals surface area contributed by atoms with E-state index in [-0.39, 0.29) is 0 Å². The lowest BCUT2D eigenvalue weighted by Gasteiger charge is -2.37. The van der Waals surface area contributed by atoms with Gasteiger partial charge in [-0.05, 0) is 87.2 Å². The Hall–Kier alpha value is 1.26. The van der Waals surface area contributed by atoms with Crippen LogP contribution in [0.1, 0.15) is 55.4 Å². The molecule has 0 heterocycles. The smallest absolute Gasteiger partial charge is 0.304 e. The molecule has 0 amide bonds. The van der Waals surface area contributed by atoms with Crippen molar-refractivity contribution in [3.63, 3.8) is 0 Å². The number of hydrogen-bond donors (Lipinski definition) is 0. The number of rotatable bonds is 10. The van der Waals surface area contributed by atoms with E-state index in [0.29, 0.717) is 0 Å². The SMILES string of the molecule is CC(C)OP(=O)(OC(C)C)C(Br)(Br)P(=O)(OC(C)C)OC(C)C. The van der Waals surface area contributed by atoms with Crippen LogP contribution in [0.2, 0.25) is 0 Å². The van der Waals surface area contributed by atoms with Gasteiger partial charge in [0.2, 0.25) is 0 Å². The molecular formula is C13H28Br2O6P2. The fraction of sp³-hybridized carbons (Fsp3) is 1.00. The van der Waals surface area contributed by atoms with Crippen LogP contribution in [0.5, 0.6) is 0 Å². The van der Waals surface area contributed by atoms with Crippen LogP contribution in [0.15, 0.2) is 0 Å². The lowest BCUT2D eigenvalue weighted by molar-refractivity contribution is 0.127. The predicted octanol–water partition coefficient (Wildman–Crippen LogP) is 6.47. The molecule has 0 spiro atoms. The van der Waals surface area contributed by atoms with Gasteiger partial charge in [0.1, 0.15) is 0 Å². The van der Waals surface area contributed by atoms with Crippen LogP contribution in [0.25, 0.3) is 0 Å². The minimum Gasteiger partial charge on any atom is -0.304 e. The molecule has 10 heteroatoms. The van der Waals surface area contributed by atoms with Crippen LogP contribution < -0.4 is 0 Å². The fourth-order valence-corrected chi connectivity index (χ4v) is 8.16. The molecule has 0 aromatic rings. The van der Waals surface area contributed by atoms with Crippen molar-refractivity contribution in [1.82, 2.24) is 0 Å². The number of hydrogen-bond acceptors (Lipinski definition) is 6. The lowest BCUT2D eigenvalue weighted by atomic mass is 10.5. The van der Waals surface area contributed by atoms with E-state index < -0.39 is 42.3 Å². The number of alkyl halides is 2. The Morgan fingerprint density at radius 1 is 0.609 bits per heavy atom. The van der Waals surface area contributed by atoms with E-state index in [0.717, 1.165) is 0 Å². The van der Waals surface area contributed by atoms with E-state index in [9.17, 15) is 9.13 Å². The Kier molecular flexibility index (Phi) is 9.78. The molecule has 6 nitrogen and oxygen atoms in total.